The highest BCUT2D eigenvalue weighted by atomic mass is 19.1. The van der Waals surface area contributed by atoms with Crippen LogP contribution in [-0.2, 0) is 0 Å². The van der Waals surface area contributed by atoms with Crippen molar-refractivity contribution in [2.24, 2.45) is 5.92 Å². The molecule has 0 aliphatic carbocycles. The molecule has 21 heavy (non-hydrogen) atoms. The van der Waals surface area contributed by atoms with Crippen molar-refractivity contribution in [1.82, 2.24) is 10.2 Å². The Morgan fingerprint density at radius 1 is 1.29 bits per heavy atom. The summed E-state index contributed by atoms with van der Waals surface area (Å²) in [5.74, 6) is -0.685. The summed E-state index contributed by atoms with van der Waals surface area (Å²) in [5, 5.41) is 13.0. The minimum Gasteiger partial charge on any atom is -0.387 e. The fraction of sp³-hybridized carbons (Fsp3) is 0.625. The van der Waals surface area contributed by atoms with E-state index in [-0.39, 0.29) is 12.1 Å². The third-order valence-electron chi connectivity index (χ3n) is 4.24. The van der Waals surface area contributed by atoms with Gasteiger partial charge in [0, 0.05) is 6.54 Å². The van der Waals surface area contributed by atoms with E-state index < -0.39 is 17.7 Å². The first-order chi connectivity index (χ1) is 10.1. The van der Waals surface area contributed by atoms with Crippen LogP contribution in [0.3, 0.4) is 0 Å². The second kappa shape index (κ2) is 7.82. The van der Waals surface area contributed by atoms with Gasteiger partial charge in [0.1, 0.15) is 11.6 Å². The van der Waals surface area contributed by atoms with E-state index in [1.807, 2.05) is 0 Å². The minimum absolute atomic E-state index is 0.171. The minimum atomic E-state index is -1.15. The first-order valence-corrected chi connectivity index (χ1v) is 7.59. The van der Waals surface area contributed by atoms with Crippen LogP contribution in [0.4, 0.5) is 8.78 Å². The van der Waals surface area contributed by atoms with Crippen molar-refractivity contribution in [3.05, 3.63) is 35.4 Å². The Kier molecular flexibility index (Phi) is 6.08. The van der Waals surface area contributed by atoms with Gasteiger partial charge in [0.15, 0.2) is 0 Å². The normalized spacial score (nSPS) is 18.9. The zero-order valence-electron chi connectivity index (χ0n) is 12.5. The van der Waals surface area contributed by atoms with E-state index in [0.29, 0.717) is 5.92 Å². The summed E-state index contributed by atoms with van der Waals surface area (Å²) in [5.41, 5.74) is -0.246. The molecule has 1 aliphatic heterocycles. The summed E-state index contributed by atoms with van der Waals surface area (Å²) < 4.78 is 27.0. The molecule has 1 aromatic rings. The van der Waals surface area contributed by atoms with E-state index in [1.54, 1.807) is 0 Å². The number of hydrogen-bond acceptors (Lipinski definition) is 3. The van der Waals surface area contributed by atoms with Gasteiger partial charge < -0.3 is 15.3 Å². The van der Waals surface area contributed by atoms with E-state index in [9.17, 15) is 13.9 Å². The first kappa shape index (κ1) is 16.3. The maximum atomic E-state index is 13.5. The van der Waals surface area contributed by atoms with Gasteiger partial charge in [-0.25, -0.2) is 8.78 Å². The molecule has 1 fully saturated rings. The number of halogens is 2. The molecule has 0 aromatic heterocycles. The molecule has 1 saturated heterocycles. The number of piperidine rings is 1. The fourth-order valence-electron chi connectivity index (χ4n) is 2.83. The number of nitrogens with one attached hydrogen (secondary N) is 1. The van der Waals surface area contributed by atoms with Crippen LogP contribution in [0.15, 0.2) is 18.2 Å². The lowest BCUT2D eigenvalue weighted by Crippen LogP contribution is -2.32. The molecule has 1 atom stereocenters. The van der Waals surface area contributed by atoms with Crippen LogP contribution >= 0.6 is 0 Å². The molecule has 0 bridgehead atoms. The lowest BCUT2D eigenvalue weighted by molar-refractivity contribution is 0.162. The molecule has 0 spiro atoms. The Balaban J connectivity index is 1.71. The summed E-state index contributed by atoms with van der Waals surface area (Å²) in [4.78, 5) is 2.33. The summed E-state index contributed by atoms with van der Waals surface area (Å²) in [6, 6.07) is 3.63. The van der Waals surface area contributed by atoms with Gasteiger partial charge in [0.25, 0.3) is 0 Å². The van der Waals surface area contributed by atoms with Crippen LogP contribution < -0.4 is 5.32 Å². The van der Waals surface area contributed by atoms with E-state index in [1.165, 1.54) is 31.0 Å². The van der Waals surface area contributed by atoms with Gasteiger partial charge in [-0.2, -0.15) is 0 Å². The molecule has 0 amide bonds. The Hall–Kier alpha value is -1.04. The number of likely N-dealkylation sites (tertiary alicyclic amines) is 1. The second-order valence-corrected chi connectivity index (χ2v) is 5.89. The van der Waals surface area contributed by atoms with Crippen molar-refractivity contribution in [1.29, 1.82) is 0 Å². The number of nitrogens with zero attached hydrogens (tertiary/aromatic N) is 1. The molecule has 3 nitrogen and oxygen atoms in total. The van der Waals surface area contributed by atoms with Crippen molar-refractivity contribution >= 4 is 0 Å². The molecule has 2 rings (SSSR count). The predicted octanol–water partition coefficient (Wildman–Crippen LogP) is 2.32. The molecule has 5 heteroatoms. The molecular weight excluding hydrogens is 274 g/mol. The summed E-state index contributed by atoms with van der Waals surface area (Å²) in [7, 11) is 2.13. The van der Waals surface area contributed by atoms with Gasteiger partial charge in [-0.3, -0.25) is 0 Å². The maximum absolute atomic E-state index is 13.5. The second-order valence-electron chi connectivity index (χ2n) is 5.89. The predicted molar refractivity (Wildman–Crippen MR) is 79.0 cm³/mol. The molecule has 1 aromatic carbocycles. The maximum Gasteiger partial charge on any atom is 0.131 e. The van der Waals surface area contributed by atoms with Crippen molar-refractivity contribution in [2.75, 3.05) is 33.2 Å². The van der Waals surface area contributed by atoms with Crippen molar-refractivity contribution in [2.45, 2.75) is 25.4 Å². The Labute approximate surface area is 125 Å². The molecule has 1 aliphatic rings. The van der Waals surface area contributed by atoms with E-state index in [2.05, 4.69) is 17.3 Å². The molecular formula is C16H24F2N2O. The molecule has 118 valence electrons. The molecule has 1 unspecified atom stereocenters. The monoisotopic (exact) mass is 298 g/mol. The number of hydrogen-bond donors (Lipinski definition) is 2. The third-order valence-corrected chi connectivity index (χ3v) is 4.24. The van der Waals surface area contributed by atoms with Crippen molar-refractivity contribution < 1.29 is 13.9 Å². The Bertz CT molecular complexity index is 428. The van der Waals surface area contributed by atoms with Gasteiger partial charge in [-0.1, -0.05) is 6.07 Å². The number of aliphatic hydroxyl groups excluding tert-OH is 1. The number of benzene rings is 1. The Morgan fingerprint density at radius 2 is 1.90 bits per heavy atom. The van der Waals surface area contributed by atoms with Crippen LogP contribution in [0.25, 0.3) is 0 Å². The molecule has 0 saturated carbocycles. The summed E-state index contributed by atoms with van der Waals surface area (Å²) in [6.07, 6.45) is 2.29. The van der Waals surface area contributed by atoms with Crippen LogP contribution in [0, 0.1) is 17.6 Å². The SMILES string of the molecule is CN1CCC(CCNCC(O)c2c(F)cccc2F)CC1. The van der Waals surface area contributed by atoms with Gasteiger partial charge in [0.2, 0.25) is 0 Å². The van der Waals surface area contributed by atoms with Crippen LogP contribution in [-0.4, -0.2) is 43.2 Å². The van der Waals surface area contributed by atoms with Crippen molar-refractivity contribution in [3.63, 3.8) is 0 Å². The van der Waals surface area contributed by atoms with Gasteiger partial charge in [0.05, 0.1) is 11.7 Å². The fourth-order valence-corrected chi connectivity index (χ4v) is 2.83. The standard InChI is InChI=1S/C16H24F2N2O/c1-20-9-6-12(7-10-20)5-8-19-11-15(21)16-13(17)3-2-4-14(16)18/h2-4,12,15,19,21H,5-11H2,1H3. The van der Waals surface area contributed by atoms with E-state index in [0.717, 1.165) is 26.1 Å². The van der Waals surface area contributed by atoms with E-state index in [4.69, 9.17) is 0 Å². The van der Waals surface area contributed by atoms with Gasteiger partial charge in [-0.15, -0.1) is 0 Å². The average Bonchev–Trinajstić information content (AvgIpc) is 2.45. The largest absolute Gasteiger partial charge is 0.387 e. The summed E-state index contributed by atoms with van der Waals surface area (Å²) in [6.45, 7) is 3.20. The van der Waals surface area contributed by atoms with E-state index >= 15 is 0 Å². The highest BCUT2D eigenvalue weighted by Crippen LogP contribution is 2.21. The number of rotatable bonds is 6. The van der Waals surface area contributed by atoms with Gasteiger partial charge >= 0.3 is 0 Å². The van der Waals surface area contributed by atoms with Crippen LogP contribution in [0.1, 0.15) is 30.9 Å². The topological polar surface area (TPSA) is 35.5 Å². The molecule has 2 N–H and O–H groups in total. The third kappa shape index (κ3) is 4.73. The van der Waals surface area contributed by atoms with Gasteiger partial charge in [-0.05, 0) is 64.0 Å². The van der Waals surface area contributed by atoms with Crippen LogP contribution in [0.2, 0.25) is 0 Å². The first-order valence-electron chi connectivity index (χ1n) is 7.59. The quantitative estimate of drug-likeness (QED) is 0.791. The summed E-state index contributed by atoms with van der Waals surface area (Å²) >= 11 is 0. The molecule has 0 radical (unpaired) electrons. The van der Waals surface area contributed by atoms with Crippen LogP contribution in [0.5, 0.6) is 0 Å². The number of aliphatic hydroxyl groups is 1. The zero-order chi connectivity index (χ0) is 15.2. The highest BCUT2D eigenvalue weighted by Gasteiger charge is 2.18. The lowest BCUT2D eigenvalue weighted by Gasteiger charge is -2.29. The highest BCUT2D eigenvalue weighted by molar-refractivity contribution is 5.22. The van der Waals surface area contributed by atoms with Crippen molar-refractivity contribution in [3.8, 4) is 0 Å². The average molecular weight is 298 g/mol. The molecule has 1 heterocycles. The lowest BCUT2D eigenvalue weighted by atomic mass is 9.94. The zero-order valence-corrected chi connectivity index (χ0v) is 12.5. The smallest absolute Gasteiger partial charge is 0.131 e. The Morgan fingerprint density at radius 3 is 2.52 bits per heavy atom.